The fourth-order valence-corrected chi connectivity index (χ4v) is 2.57. The Morgan fingerprint density at radius 3 is 2.82 bits per heavy atom. The van der Waals surface area contributed by atoms with Crippen LogP contribution in [0.3, 0.4) is 0 Å². The number of fused-ring (bicyclic) bond motifs is 1. The van der Waals surface area contributed by atoms with Crippen LogP contribution < -0.4 is 5.32 Å². The second-order valence-electron chi connectivity index (χ2n) is 4.89. The van der Waals surface area contributed by atoms with Gasteiger partial charge in [-0.05, 0) is 38.5 Å². The molecule has 0 fully saturated rings. The Bertz CT molecular complexity index is 362. The van der Waals surface area contributed by atoms with Crippen molar-refractivity contribution in [3.63, 3.8) is 0 Å². The third kappa shape index (κ3) is 2.96. The summed E-state index contributed by atoms with van der Waals surface area (Å²) in [5.74, 6) is 1.09. The Kier molecular flexibility index (Phi) is 4.35. The van der Waals surface area contributed by atoms with Crippen LogP contribution in [0.5, 0.6) is 0 Å². The molecule has 0 bridgehead atoms. The Labute approximate surface area is 104 Å². The van der Waals surface area contributed by atoms with Gasteiger partial charge >= 0.3 is 0 Å². The minimum atomic E-state index is 0.556. The largest absolute Gasteiger partial charge is 0.367 e. The highest BCUT2D eigenvalue weighted by atomic mass is 15.0. The van der Waals surface area contributed by atoms with Gasteiger partial charge in [0.25, 0.3) is 0 Å². The SMILES string of the molecule is CCCC(CC)Nc1ncnc2c1CCCC2. The molecule has 2 rings (SSSR count). The average molecular weight is 233 g/mol. The molecular formula is C14H23N3. The first-order valence-corrected chi connectivity index (χ1v) is 6.94. The van der Waals surface area contributed by atoms with Gasteiger partial charge in [-0.2, -0.15) is 0 Å². The Morgan fingerprint density at radius 1 is 1.24 bits per heavy atom. The van der Waals surface area contributed by atoms with E-state index >= 15 is 0 Å². The highest BCUT2D eigenvalue weighted by Gasteiger charge is 2.16. The zero-order valence-electron chi connectivity index (χ0n) is 11.0. The number of nitrogens with one attached hydrogen (secondary N) is 1. The van der Waals surface area contributed by atoms with Crippen molar-refractivity contribution in [3.05, 3.63) is 17.6 Å². The first-order valence-electron chi connectivity index (χ1n) is 6.94. The molecule has 17 heavy (non-hydrogen) atoms. The summed E-state index contributed by atoms with van der Waals surface area (Å²) in [6.45, 7) is 4.47. The molecule has 94 valence electrons. The van der Waals surface area contributed by atoms with Crippen LogP contribution in [0.15, 0.2) is 6.33 Å². The van der Waals surface area contributed by atoms with Gasteiger partial charge in [-0.25, -0.2) is 9.97 Å². The predicted octanol–water partition coefficient (Wildman–Crippen LogP) is 3.35. The van der Waals surface area contributed by atoms with E-state index in [0.29, 0.717) is 6.04 Å². The predicted molar refractivity (Wildman–Crippen MR) is 71.3 cm³/mol. The lowest BCUT2D eigenvalue weighted by molar-refractivity contribution is 0.612. The van der Waals surface area contributed by atoms with Crippen molar-refractivity contribution in [3.8, 4) is 0 Å². The molecule has 1 aliphatic carbocycles. The van der Waals surface area contributed by atoms with Gasteiger partial charge in [0.1, 0.15) is 12.1 Å². The maximum atomic E-state index is 4.44. The van der Waals surface area contributed by atoms with Crippen LogP contribution in [0.25, 0.3) is 0 Å². The first kappa shape index (κ1) is 12.3. The van der Waals surface area contributed by atoms with Crippen molar-refractivity contribution < 1.29 is 0 Å². The molecule has 1 unspecified atom stereocenters. The summed E-state index contributed by atoms with van der Waals surface area (Å²) in [5.41, 5.74) is 2.63. The standard InChI is InChI=1S/C14H23N3/c1-3-7-11(4-2)17-14-12-8-5-6-9-13(12)15-10-16-14/h10-11H,3-9H2,1-2H3,(H,15,16,17). The Hall–Kier alpha value is -1.12. The lowest BCUT2D eigenvalue weighted by Crippen LogP contribution is -2.21. The first-order chi connectivity index (χ1) is 8.35. The van der Waals surface area contributed by atoms with Crippen LogP contribution in [0.1, 0.15) is 57.2 Å². The molecule has 1 heterocycles. The van der Waals surface area contributed by atoms with E-state index in [1.54, 1.807) is 6.33 Å². The molecule has 0 saturated heterocycles. The molecule has 1 atom stereocenters. The van der Waals surface area contributed by atoms with E-state index in [-0.39, 0.29) is 0 Å². The molecule has 0 aliphatic heterocycles. The van der Waals surface area contributed by atoms with Crippen LogP contribution in [0.4, 0.5) is 5.82 Å². The van der Waals surface area contributed by atoms with Crippen LogP contribution >= 0.6 is 0 Å². The average Bonchev–Trinajstić information content (AvgIpc) is 2.38. The number of hydrogen-bond donors (Lipinski definition) is 1. The fourth-order valence-electron chi connectivity index (χ4n) is 2.57. The second kappa shape index (κ2) is 5.99. The van der Waals surface area contributed by atoms with Crippen molar-refractivity contribution in [2.75, 3.05) is 5.32 Å². The molecular weight excluding hydrogens is 210 g/mol. The summed E-state index contributed by atoms with van der Waals surface area (Å²) in [7, 11) is 0. The molecule has 3 nitrogen and oxygen atoms in total. The highest BCUT2D eigenvalue weighted by molar-refractivity contribution is 5.47. The topological polar surface area (TPSA) is 37.8 Å². The zero-order chi connectivity index (χ0) is 12.1. The maximum absolute atomic E-state index is 4.44. The summed E-state index contributed by atoms with van der Waals surface area (Å²) in [5, 5.41) is 3.61. The van der Waals surface area contributed by atoms with E-state index < -0.39 is 0 Å². The molecule has 0 aromatic carbocycles. The third-order valence-electron chi connectivity index (χ3n) is 3.60. The molecule has 1 aromatic rings. The summed E-state index contributed by atoms with van der Waals surface area (Å²) in [4.78, 5) is 8.85. The van der Waals surface area contributed by atoms with E-state index in [9.17, 15) is 0 Å². The highest BCUT2D eigenvalue weighted by Crippen LogP contribution is 2.25. The smallest absolute Gasteiger partial charge is 0.133 e. The molecule has 0 amide bonds. The second-order valence-corrected chi connectivity index (χ2v) is 4.89. The van der Waals surface area contributed by atoms with Crippen molar-refractivity contribution in [1.82, 2.24) is 9.97 Å². The number of anilines is 1. The molecule has 3 heteroatoms. The van der Waals surface area contributed by atoms with Gasteiger partial charge in [0.15, 0.2) is 0 Å². The Morgan fingerprint density at radius 2 is 2.06 bits per heavy atom. The normalized spacial score (nSPS) is 16.4. The van der Waals surface area contributed by atoms with Gasteiger partial charge in [0.2, 0.25) is 0 Å². The number of aryl methyl sites for hydroxylation is 1. The van der Waals surface area contributed by atoms with Crippen molar-refractivity contribution in [2.45, 2.75) is 64.8 Å². The van der Waals surface area contributed by atoms with Crippen LogP contribution in [-0.4, -0.2) is 16.0 Å². The van der Waals surface area contributed by atoms with Crippen molar-refractivity contribution in [2.24, 2.45) is 0 Å². The van der Waals surface area contributed by atoms with Crippen molar-refractivity contribution >= 4 is 5.82 Å². The quantitative estimate of drug-likeness (QED) is 0.847. The maximum Gasteiger partial charge on any atom is 0.133 e. The van der Waals surface area contributed by atoms with Gasteiger partial charge in [-0.3, -0.25) is 0 Å². The summed E-state index contributed by atoms with van der Waals surface area (Å²) >= 11 is 0. The Balaban J connectivity index is 2.14. The molecule has 0 spiro atoms. The van der Waals surface area contributed by atoms with Crippen molar-refractivity contribution in [1.29, 1.82) is 0 Å². The van der Waals surface area contributed by atoms with Gasteiger partial charge in [0, 0.05) is 17.3 Å². The van der Waals surface area contributed by atoms with E-state index in [4.69, 9.17) is 0 Å². The lowest BCUT2D eigenvalue weighted by atomic mass is 9.96. The van der Waals surface area contributed by atoms with Crippen LogP contribution in [0, 0.1) is 0 Å². The van der Waals surface area contributed by atoms with E-state index in [2.05, 4.69) is 29.1 Å². The minimum absolute atomic E-state index is 0.556. The van der Waals surface area contributed by atoms with Gasteiger partial charge < -0.3 is 5.32 Å². The van der Waals surface area contributed by atoms with Crippen LogP contribution in [0.2, 0.25) is 0 Å². The molecule has 1 aliphatic rings. The van der Waals surface area contributed by atoms with Crippen LogP contribution in [-0.2, 0) is 12.8 Å². The summed E-state index contributed by atoms with van der Waals surface area (Å²) in [6, 6.07) is 0.556. The van der Waals surface area contributed by atoms with Gasteiger partial charge in [-0.15, -0.1) is 0 Å². The summed E-state index contributed by atoms with van der Waals surface area (Å²) < 4.78 is 0. The number of hydrogen-bond acceptors (Lipinski definition) is 3. The van der Waals surface area contributed by atoms with Gasteiger partial charge in [0.05, 0.1) is 0 Å². The lowest BCUT2D eigenvalue weighted by Gasteiger charge is -2.22. The molecule has 0 radical (unpaired) electrons. The number of rotatable bonds is 5. The minimum Gasteiger partial charge on any atom is -0.367 e. The molecule has 1 aromatic heterocycles. The molecule has 0 saturated carbocycles. The van der Waals surface area contributed by atoms with E-state index in [0.717, 1.165) is 25.1 Å². The van der Waals surface area contributed by atoms with E-state index in [1.807, 2.05) is 0 Å². The number of nitrogens with zero attached hydrogens (tertiary/aromatic N) is 2. The third-order valence-corrected chi connectivity index (χ3v) is 3.60. The molecule has 1 N–H and O–H groups in total. The van der Waals surface area contributed by atoms with E-state index in [1.165, 1.54) is 36.9 Å². The zero-order valence-corrected chi connectivity index (χ0v) is 11.0. The van der Waals surface area contributed by atoms with Gasteiger partial charge in [-0.1, -0.05) is 20.3 Å². The number of aromatic nitrogens is 2. The summed E-state index contributed by atoms with van der Waals surface area (Å²) in [6.07, 6.45) is 10.1. The monoisotopic (exact) mass is 233 g/mol. The fraction of sp³-hybridized carbons (Fsp3) is 0.714.